The topological polar surface area (TPSA) is 236 Å². The van der Waals surface area contributed by atoms with Gasteiger partial charge in [0.25, 0.3) is 18.9 Å². The predicted molar refractivity (Wildman–Crippen MR) is 133 cm³/mol. The molecule has 17 nitrogen and oxygen atoms in total. The number of hydrogen-bond donors (Lipinski definition) is 2. The number of aryl methyl sites for hydroxylation is 2. The van der Waals surface area contributed by atoms with Crippen LogP contribution < -0.4 is 32.3 Å². The van der Waals surface area contributed by atoms with E-state index in [9.17, 15) is 38.1 Å². The van der Waals surface area contributed by atoms with Gasteiger partial charge in [-0.05, 0) is 13.8 Å². The number of ether oxygens (including phenoxy) is 2. The normalized spacial score (nSPS) is 36.8. The lowest BCUT2D eigenvalue weighted by atomic mass is 10.2. The molecule has 20 heteroatoms. The molecule has 3 aliphatic heterocycles. The summed E-state index contributed by atoms with van der Waals surface area (Å²) in [6.45, 7) is -2.45. The first-order chi connectivity index (χ1) is 18.7. The Kier molecular flexibility index (Phi) is 8.04. The molecule has 0 aliphatic carbocycles. The number of H-pyrrole nitrogens is 2. The Labute approximate surface area is 228 Å². The summed E-state index contributed by atoms with van der Waals surface area (Å²) in [7, 11) is -5.04. The zero-order chi connectivity index (χ0) is 29.0. The molecule has 0 spiro atoms. The Morgan fingerprint density at radius 2 is 1.32 bits per heavy atom. The third kappa shape index (κ3) is 6.21. The lowest BCUT2D eigenvalue weighted by Crippen LogP contribution is -2.34. The van der Waals surface area contributed by atoms with Crippen molar-refractivity contribution in [1.82, 2.24) is 19.1 Å². The molecule has 0 amide bonds. The van der Waals surface area contributed by atoms with Crippen molar-refractivity contribution in [3.8, 4) is 0 Å². The van der Waals surface area contributed by atoms with E-state index in [2.05, 4.69) is 9.97 Å². The SMILES string of the molecule is Cc1cn([C@@H]2C[C@H]3OP(=O)([O-])SC[C@H]4O[C@@H](n5cc(C)c(=O)[nH]c5=O)C[C@@H]4OP(=O)([O-])OC[C@@H]3O2)c(=O)[nH]c1=O. The molecule has 0 aromatic carbocycles. The quantitative estimate of drug-likeness (QED) is 0.372. The lowest BCUT2D eigenvalue weighted by molar-refractivity contribution is -0.234. The summed E-state index contributed by atoms with van der Waals surface area (Å²) in [5.74, 6) is -0.334. The molecular weight excluding hydrogens is 598 g/mol. The Hall–Kier alpha value is -2.11. The van der Waals surface area contributed by atoms with E-state index in [0.717, 1.165) is 9.13 Å². The van der Waals surface area contributed by atoms with Crippen molar-refractivity contribution in [2.24, 2.45) is 0 Å². The van der Waals surface area contributed by atoms with Crippen LogP contribution in [-0.4, -0.2) is 55.9 Å². The third-order valence-corrected chi connectivity index (χ3v) is 10.6. The van der Waals surface area contributed by atoms with E-state index >= 15 is 0 Å². The fourth-order valence-corrected chi connectivity index (χ4v) is 8.27. The van der Waals surface area contributed by atoms with E-state index in [0.29, 0.717) is 11.4 Å². The molecule has 2 aromatic heterocycles. The van der Waals surface area contributed by atoms with E-state index in [4.69, 9.17) is 23.0 Å². The summed E-state index contributed by atoms with van der Waals surface area (Å²) in [5, 5.41) is 0. The predicted octanol–water partition coefficient (Wildman–Crippen LogP) is -1.25. The number of aromatic nitrogens is 4. The molecule has 3 saturated heterocycles. The van der Waals surface area contributed by atoms with E-state index in [1.165, 1.54) is 26.2 Å². The van der Waals surface area contributed by atoms with E-state index in [1.54, 1.807) is 0 Å². The van der Waals surface area contributed by atoms with Gasteiger partial charge < -0.3 is 32.8 Å². The van der Waals surface area contributed by atoms with Crippen LogP contribution >= 0.6 is 26.0 Å². The zero-order valence-electron chi connectivity index (χ0n) is 21.0. The van der Waals surface area contributed by atoms with Gasteiger partial charge in [0.2, 0.25) is 0 Å². The molecule has 3 fully saturated rings. The summed E-state index contributed by atoms with van der Waals surface area (Å²) >= 11 is 0.354. The Balaban J connectivity index is 1.38. The molecule has 40 heavy (non-hydrogen) atoms. The van der Waals surface area contributed by atoms with Crippen molar-refractivity contribution in [2.45, 2.75) is 63.6 Å². The minimum Gasteiger partial charge on any atom is -0.770 e. The second-order valence-corrected chi connectivity index (χ2v) is 14.6. The van der Waals surface area contributed by atoms with Crippen molar-refractivity contribution in [1.29, 1.82) is 0 Å². The molecular formula is C20H24N4O13P2S-2. The van der Waals surface area contributed by atoms with Gasteiger partial charge in [-0.15, -0.1) is 0 Å². The maximum atomic E-state index is 12.9. The molecule has 0 radical (unpaired) electrons. The largest absolute Gasteiger partial charge is 0.770 e. The second-order valence-electron chi connectivity index (χ2n) is 9.46. The number of aromatic amines is 2. The first-order valence-corrected chi connectivity index (χ1v) is 16.5. The van der Waals surface area contributed by atoms with Crippen LogP contribution in [0.1, 0.15) is 36.4 Å². The molecule has 0 bridgehead atoms. The zero-order valence-corrected chi connectivity index (χ0v) is 23.6. The molecule has 220 valence electrons. The smallest absolute Gasteiger partial charge is 0.330 e. The van der Waals surface area contributed by atoms with Crippen molar-refractivity contribution < 1.29 is 42.0 Å². The maximum Gasteiger partial charge on any atom is 0.330 e. The molecule has 0 saturated carbocycles. The van der Waals surface area contributed by atoms with Crippen LogP contribution in [0.3, 0.4) is 0 Å². The second kappa shape index (κ2) is 10.9. The number of phosphoric ester groups is 1. The Morgan fingerprint density at radius 1 is 0.825 bits per heavy atom. The van der Waals surface area contributed by atoms with Crippen LogP contribution in [0, 0.1) is 13.8 Å². The average molecular weight is 622 g/mol. The number of phosphoric acid groups is 1. The Morgan fingerprint density at radius 3 is 1.88 bits per heavy atom. The maximum absolute atomic E-state index is 12.9. The summed E-state index contributed by atoms with van der Waals surface area (Å²) in [4.78, 5) is 77.9. The summed E-state index contributed by atoms with van der Waals surface area (Å²) in [6, 6.07) is 0. The van der Waals surface area contributed by atoms with E-state index in [1.807, 2.05) is 0 Å². The average Bonchev–Trinajstić information content (AvgIpc) is 3.43. The van der Waals surface area contributed by atoms with Crippen LogP contribution in [-0.2, 0) is 32.2 Å². The molecule has 2 aromatic rings. The highest BCUT2D eigenvalue weighted by Gasteiger charge is 2.44. The first kappa shape index (κ1) is 29.4. The van der Waals surface area contributed by atoms with Gasteiger partial charge >= 0.3 is 11.4 Å². The molecule has 2 N–H and O–H groups in total. The van der Waals surface area contributed by atoms with Crippen molar-refractivity contribution in [2.75, 3.05) is 12.4 Å². The van der Waals surface area contributed by atoms with Crippen LogP contribution in [0.4, 0.5) is 0 Å². The number of nitrogens with zero attached hydrogens (tertiary/aromatic N) is 2. The van der Waals surface area contributed by atoms with Crippen LogP contribution in [0.5, 0.6) is 0 Å². The van der Waals surface area contributed by atoms with Gasteiger partial charge in [0.05, 0.1) is 24.9 Å². The lowest BCUT2D eigenvalue weighted by Gasteiger charge is -2.33. The van der Waals surface area contributed by atoms with Crippen molar-refractivity contribution in [3.63, 3.8) is 0 Å². The van der Waals surface area contributed by atoms with Crippen LogP contribution in [0.25, 0.3) is 0 Å². The summed E-state index contributed by atoms with van der Waals surface area (Å²) in [5.41, 5.74) is -2.43. The van der Waals surface area contributed by atoms with Crippen LogP contribution in [0.15, 0.2) is 31.6 Å². The fourth-order valence-electron chi connectivity index (χ4n) is 4.59. The molecule has 5 rings (SSSR count). The first-order valence-electron chi connectivity index (χ1n) is 11.9. The van der Waals surface area contributed by atoms with Crippen LogP contribution in [0.2, 0.25) is 0 Å². The minimum atomic E-state index is -5.04. The highest BCUT2D eigenvalue weighted by atomic mass is 32.7. The van der Waals surface area contributed by atoms with Gasteiger partial charge in [-0.2, -0.15) is 0 Å². The van der Waals surface area contributed by atoms with E-state index in [-0.39, 0.29) is 29.7 Å². The molecule has 8 atom stereocenters. The Bertz CT molecular complexity index is 1520. The van der Waals surface area contributed by atoms with Gasteiger partial charge in [-0.1, -0.05) is 11.4 Å². The van der Waals surface area contributed by atoms with Gasteiger partial charge in [0.15, 0.2) is 6.80 Å². The number of rotatable bonds is 2. The monoisotopic (exact) mass is 622 g/mol. The summed E-state index contributed by atoms with van der Waals surface area (Å²) < 4.78 is 54.8. The molecule has 2 unspecified atom stereocenters. The summed E-state index contributed by atoms with van der Waals surface area (Å²) in [6.07, 6.45) is -4.91. The highest BCUT2D eigenvalue weighted by Crippen LogP contribution is 2.57. The highest BCUT2D eigenvalue weighted by molar-refractivity contribution is 8.54. The number of nitrogens with one attached hydrogen (secondary N) is 2. The third-order valence-electron chi connectivity index (χ3n) is 6.60. The van der Waals surface area contributed by atoms with Gasteiger partial charge in [-0.25, -0.2) is 9.59 Å². The number of fused-ring (bicyclic) bond motifs is 2. The van der Waals surface area contributed by atoms with Crippen molar-refractivity contribution >= 4 is 26.0 Å². The minimum absolute atomic E-state index is 0.185. The van der Waals surface area contributed by atoms with E-state index < -0.39 is 80.6 Å². The van der Waals surface area contributed by atoms with Gasteiger partial charge in [0, 0.05) is 42.1 Å². The fraction of sp³-hybridized carbons (Fsp3) is 0.600. The molecule has 5 heterocycles. The van der Waals surface area contributed by atoms with Gasteiger partial charge in [0.1, 0.15) is 18.6 Å². The van der Waals surface area contributed by atoms with Gasteiger partial charge in [-0.3, -0.25) is 37.8 Å². The molecule has 3 aliphatic rings. The number of hydrogen-bond acceptors (Lipinski definition) is 14. The van der Waals surface area contributed by atoms with Crippen molar-refractivity contribution in [3.05, 3.63) is 65.2 Å². The standard InChI is InChI=1S/C20H26N4O13P2S/c1-9-5-23(19(27)21-17(9)25)15-3-11-13(34-15)7-33-38(29,30)36-12-4-16(24-6-10(2)18(26)22-20(24)28)35-14(12)8-40-39(31,32)37-11/h5-6,11-16H,3-4,7-8H2,1-2H3,(H,29,30)(H,31,32)(H,21,25,27)(H,22,26,28)/p-2/t11-,12+,13+,14-,15+,16-/m1/s1.